The number of benzene rings is 2. The lowest BCUT2D eigenvalue weighted by Crippen LogP contribution is -2.32. The van der Waals surface area contributed by atoms with Gasteiger partial charge in [0.1, 0.15) is 5.75 Å². The van der Waals surface area contributed by atoms with Crippen LogP contribution >= 0.6 is 0 Å². The van der Waals surface area contributed by atoms with Crippen LogP contribution in [0.15, 0.2) is 30.3 Å². The van der Waals surface area contributed by atoms with Gasteiger partial charge in [-0.15, -0.1) is 0 Å². The SMILES string of the molecule is COc1ccc(/C=C\c2cc(OC)c(OC)c(OC)c2)cc1NC(=O)CCN(CCO)CCO. The molecule has 0 aliphatic rings. The van der Waals surface area contributed by atoms with Crippen LogP contribution < -0.4 is 24.3 Å². The molecule has 0 spiro atoms. The monoisotopic (exact) mass is 474 g/mol. The second kappa shape index (κ2) is 14.1. The summed E-state index contributed by atoms with van der Waals surface area (Å²) < 4.78 is 21.6. The number of aliphatic hydroxyl groups is 2. The minimum absolute atomic E-state index is 0.0320. The zero-order valence-corrected chi connectivity index (χ0v) is 20.2. The van der Waals surface area contributed by atoms with Gasteiger partial charge in [-0.2, -0.15) is 0 Å². The van der Waals surface area contributed by atoms with E-state index in [2.05, 4.69) is 5.32 Å². The molecule has 186 valence electrons. The maximum Gasteiger partial charge on any atom is 0.225 e. The number of carbonyl (C=O) groups is 1. The summed E-state index contributed by atoms with van der Waals surface area (Å²) in [6.07, 6.45) is 4.02. The molecule has 0 aromatic heterocycles. The molecular formula is C25H34N2O7. The van der Waals surface area contributed by atoms with Gasteiger partial charge in [0.25, 0.3) is 0 Å². The Balaban J connectivity index is 2.17. The molecule has 9 nitrogen and oxygen atoms in total. The van der Waals surface area contributed by atoms with E-state index < -0.39 is 0 Å². The van der Waals surface area contributed by atoms with E-state index in [4.69, 9.17) is 29.2 Å². The van der Waals surface area contributed by atoms with Crippen LogP contribution in [-0.4, -0.2) is 82.3 Å². The molecule has 0 unspecified atom stereocenters. The molecule has 3 N–H and O–H groups in total. The van der Waals surface area contributed by atoms with Crippen molar-refractivity contribution in [2.45, 2.75) is 6.42 Å². The highest BCUT2D eigenvalue weighted by Crippen LogP contribution is 2.38. The number of hydrogen-bond acceptors (Lipinski definition) is 8. The Morgan fingerprint density at radius 2 is 1.41 bits per heavy atom. The van der Waals surface area contributed by atoms with Crippen molar-refractivity contribution in [3.63, 3.8) is 0 Å². The van der Waals surface area contributed by atoms with Gasteiger partial charge in [-0.1, -0.05) is 18.2 Å². The Morgan fingerprint density at radius 3 is 1.94 bits per heavy atom. The van der Waals surface area contributed by atoms with Crippen LogP contribution in [0.1, 0.15) is 17.5 Å². The van der Waals surface area contributed by atoms with E-state index in [1.165, 1.54) is 0 Å². The summed E-state index contributed by atoms with van der Waals surface area (Å²) in [5.41, 5.74) is 2.26. The molecule has 0 saturated heterocycles. The summed E-state index contributed by atoms with van der Waals surface area (Å²) in [5, 5.41) is 21.1. The molecule has 9 heteroatoms. The summed E-state index contributed by atoms with van der Waals surface area (Å²) in [4.78, 5) is 14.3. The molecular weight excluding hydrogens is 440 g/mol. The minimum atomic E-state index is -0.190. The van der Waals surface area contributed by atoms with Crippen LogP contribution in [0.4, 0.5) is 5.69 Å². The third-order valence-corrected chi connectivity index (χ3v) is 5.14. The fourth-order valence-corrected chi connectivity index (χ4v) is 3.41. The largest absolute Gasteiger partial charge is 0.495 e. The van der Waals surface area contributed by atoms with Gasteiger partial charge in [-0.3, -0.25) is 9.69 Å². The minimum Gasteiger partial charge on any atom is -0.495 e. The highest BCUT2D eigenvalue weighted by molar-refractivity contribution is 5.93. The zero-order chi connectivity index (χ0) is 24.9. The van der Waals surface area contributed by atoms with Crippen LogP contribution in [-0.2, 0) is 4.79 Å². The zero-order valence-electron chi connectivity index (χ0n) is 20.2. The second-order valence-electron chi connectivity index (χ2n) is 7.34. The third-order valence-electron chi connectivity index (χ3n) is 5.14. The molecule has 0 fully saturated rings. The number of aliphatic hydroxyl groups excluding tert-OH is 2. The quantitative estimate of drug-likeness (QED) is 0.359. The average molecular weight is 475 g/mol. The van der Waals surface area contributed by atoms with Gasteiger partial charge in [0, 0.05) is 26.1 Å². The Hall–Kier alpha value is -3.27. The van der Waals surface area contributed by atoms with Crippen LogP contribution in [0.2, 0.25) is 0 Å². The summed E-state index contributed by atoms with van der Waals surface area (Å²) in [7, 11) is 6.23. The first-order valence-electron chi connectivity index (χ1n) is 10.9. The number of anilines is 1. The van der Waals surface area contributed by atoms with Crippen molar-refractivity contribution in [3.8, 4) is 23.0 Å². The highest BCUT2D eigenvalue weighted by atomic mass is 16.5. The van der Waals surface area contributed by atoms with E-state index in [1.807, 2.05) is 41.3 Å². The van der Waals surface area contributed by atoms with Gasteiger partial charge >= 0.3 is 0 Å². The topological polar surface area (TPSA) is 110 Å². The van der Waals surface area contributed by atoms with Crippen molar-refractivity contribution >= 4 is 23.7 Å². The van der Waals surface area contributed by atoms with E-state index in [-0.39, 0.29) is 25.5 Å². The number of hydrogen-bond donors (Lipinski definition) is 3. The first-order chi connectivity index (χ1) is 16.5. The van der Waals surface area contributed by atoms with Crippen molar-refractivity contribution in [2.24, 2.45) is 0 Å². The number of amides is 1. The van der Waals surface area contributed by atoms with Crippen LogP contribution in [0.3, 0.4) is 0 Å². The summed E-state index contributed by atoms with van der Waals surface area (Å²) in [6.45, 7) is 1.16. The molecule has 0 atom stereocenters. The van der Waals surface area contributed by atoms with Crippen molar-refractivity contribution < 1.29 is 34.0 Å². The molecule has 2 aromatic carbocycles. The van der Waals surface area contributed by atoms with Crippen molar-refractivity contribution in [3.05, 3.63) is 41.5 Å². The van der Waals surface area contributed by atoms with Gasteiger partial charge < -0.3 is 34.5 Å². The smallest absolute Gasteiger partial charge is 0.225 e. The Kier molecular flexibility index (Phi) is 11.2. The Morgan fingerprint density at radius 1 is 0.824 bits per heavy atom. The predicted octanol–water partition coefficient (Wildman–Crippen LogP) is 2.51. The van der Waals surface area contributed by atoms with Crippen LogP contribution in [0.25, 0.3) is 12.2 Å². The van der Waals surface area contributed by atoms with Gasteiger partial charge in [-0.05, 0) is 35.4 Å². The van der Waals surface area contributed by atoms with Gasteiger partial charge in [0.05, 0.1) is 47.3 Å². The molecule has 0 saturated carbocycles. The highest BCUT2D eigenvalue weighted by Gasteiger charge is 2.13. The fraction of sp³-hybridized carbons (Fsp3) is 0.400. The van der Waals surface area contributed by atoms with Crippen molar-refractivity contribution in [1.29, 1.82) is 0 Å². The standard InChI is InChI=1S/C25H34N2O7/c1-31-21-8-7-18(5-6-19-16-22(32-2)25(34-4)23(17-19)33-3)15-20(21)26-24(30)9-10-27(11-13-28)12-14-29/h5-8,15-17,28-29H,9-14H2,1-4H3,(H,26,30)/b6-5-. The van der Waals surface area contributed by atoms with Crippen molar-refractivity contribution in [1.82, 2.24) is 4.90 Å². The van der Waals surface area contributed by atoms with Crippen molar-refractivity contribution in [2.75, 3.05) is 66.6 Å². The van der Waals surface area contributed by atoms with E-state index in [1.54, 1.807) is 34.5 Å². The third kappa shape index (κ3) is 7.65. The first kappa shape index (κ1) is 27.0. The van der Waals surface area contributed by atoms with Gasteiger partial charge in [0.15, 0.2) is 11.5 Å². The molecule has 0 radical (unpaired) electrons. The molecule has 0 bridgehead atoms. The molecule has 34 heavy (non-hydrogen) atoms. The maximum atomic E-state index is 12.5. The molecule has 0 aliphatic heterocycles. The Bertz CT molecular complexity index is 931. The number of methoxy groups -OCH3 is 4. The summed E-state index contributed by atoms with van der Waals surface area (Å²) >= 11 is 0. The Labute approximate surface area is 200 Å². The summed E-state index contributed by atoms with van der Waals surface area (Å²) in [6, 6.07) is 9.18. The number of ether oxygens (including phenoxy) is 4. The normalized spacial score (nSPS) is 11.0. The second-order valence-corrected chi connectivity index (χ2v) is 7.34. The molecule has 0 heterocycles. The lowest BCUT2D eigenvalue weighted by molar-refractivity contribution is -0.116. The lowest BCUT2D eigenvalue weighted by Gasteiger charge is -2.19. The number of nitrogens with zero attached hydrogens (tertiary/aromatic N) is 1. The molecule has 0 aliphatic carbocycles. The maximum absolute atomic E-state index is 12.5. The van der Waals surface area contributed by atoms with Gasteiger partial charge in [0.2, 0.25) is 11.7 Å². The number of carbonyl (C=O) groups excluding carboxylic acids is 1. The van der Waals surface area contributed by atoms with E-state index >= 15 is 0 Å². The van der Waals surface area contributed by atoms with E-state index in [0.717, 1.165) is 11.1 Å². The summed E-state index contributed by atoms with van der Waals surface area (Å²) in [5.74, 6) is 1.99. The average Bonchev–Trinajstić information content (AvgIpc) is 2.85. The van der Waals surface area contributed by atoms with Gasteiger partial charge in [-0.25, -0.2) is 0 Å². The van der Waals surface area contributed by atoms with E-state index in [0.29, 0.717) is 48.3 Å². The number of rotatable bonds is 14. The lowest BCUT2D eigenvalue weighted by atomic mass is 10.1. The predicted molar refractivity (Wildman–Crippen MR) is 132 cm³/mol. The van der Waals surface area contributed by atoms with E-state index in [9.17, 15) is 4.79 Å². The molecule has 1 amide bonds. The first-order valence-corrected chi connectivity index (χ1v) is 10.9. The van der Waals surface area contributed by atoms with Crippen LogP contribution in [0.5, 0.6) is 23.0 Å². The molecule has 2 aromatic rings. The van der Waals surface area contributed by atoms with Crippen LogP contribution in [0, 0.1) is 0 Å². The fourth-order valence-electron chi connectivity index (χ4n) is 3.41. The number of nitrogens with one attached hydrogen (secondary N) is 1. The molecule has 2 rings (SSSR count).